The highest BCUT2D eigenvalue weighted by Gasteiger charge is 2.57. The fraction of sp³-hybridized carbons (Fsp3) is 0.417. The Morgan fingerprint density at radius 1 is 0.862 bits per heavy atom. The van der Waals surface area contributed by atoms with Crippen molar-refractivity contribution < 1.29 is 4.79 Å². The van der Waals surface area contributed by atoms with Crippen molar-refractivity contribution in [2.24, 2.45) is 0 Å². The lowest BCUT2D eigenvalue weighted by atomic mass is 9.70. The molecule has 2 aliphatic rings. The van der Waals surface area contributed by atoms with E-state index in [0.29, 0.717) is 18.7 Å². The molecule has 0 unspecified atom stereocenters. The molecule has 152 valence electrons. The van der Waals surface area contributed by atoms with Crippen LogP contribution in [0.3, 0.4) is 0 Å². The summed E-state index contributed by atoms with van der Waals surface area (Å²) < 4.78 is 0. The summed E-state index contributed by atoms with van der Waals surface area (Å²) in [5, 5.41) is 16.1. The van der Waals surface area contributed by atoms with E-state index in [4.69, 9.17) is 0 Å². The van der Waals surface area contributed by atoms with Crippen molar-refractivity contribution in [2.75, 3.05) is 0 Å². The van der Waals surface area contributed by atoms with Gasteiger partial charge in [0.05, 0.1) is 6.04 Å². The Hall–Kier alpha value is -2.66. The van der Waals surface area contributed by atoms with E-state index in [1.807, 2.05) is 60.7 Å². The summed E-state index contributed by atoms with van der Waals surface area (Å²) in [5.41, 5.74) is 0.960. The molecule has 29 heavy (non-hydrogen) atoms. The maximum atomic E-state index is 13.3. The fourth-order valence-electron chi connectivity index (χ4n) is 5.50. The third-order valence-electron chi connectivity index (χ3n) is 5.91. The number of nitrogens with one attached hydrogen (secondary N) is 3. The topological polar surface area (TPSA) is 68.2 Å². The number of amidine groups is 1. The molecule has 0 radical (unpaired) electrons. The molecule has 2 fully saturated rings. The largest absolute Gasteiger partial charge is 0.325 e. The first-order chi connectivity index (χ1) is 13.6. The maximum absolute atomic E-state index is 13.3. The lowest BCUT2D eigenvalue weighted by Gasteiger charge is -2.51. The monoisotopic (exact) mass is 390 g/mol. The maximum Gasteiger partial charge on any atom is 0.324 e. The van der Waals surface area contributed by atoms with Gasteiger partial charge in [-0.05, 0) is 51.7 Å². The van der Waals surface area contributed by atoms with Crippen LogP contribution < -0.4 is 10.6 Å². The third kappa shape index (κ3) is 3.55. The minimum Gasteiger partial charge on any atom is -0.325 e. The van der Waals surface area contributed by atoms with E-state index in [1.54, 1.807) is 4.90 Å². The number of carbonyl (C=O) groups excluding carboxylic acids is 1. The zero-order chi connectivity index (χ0) is 20.9. The molecule has 0 bridgehead atoms. The van der Waals surface area contributed by atoms with E-state index in [1.165, 1.54) is 0 Å². The predicted molar refractivity (Wildman–Crippen MR) is 116 cm³/mol. The highest BCUT2D eigenvalue weighted by molar-refractivity contribution is 6.09. The van der Waals surface area contributed by atoms with Crippen LogP contribution in [0, 0.1) is 5.41 Å². The molecule has 2 aliphatic heterocycles. The average molecular weight is 391 g/mol. The first kappa shape index (κ1) is 19.6. The fourth-order valence-corrected chi connectivity index (χ4v) is 5.50. The molecule has 2 aromatic rings. The summed E-state index contributed by atoms with van der Waals surface area (Å²) in [6, 6.07) is 19.5. The van der Waals surface area contributed by atoms with E-state index < -0.39 is 5.54 Å². The average Bonchev–Trinajstić information content (AvgIpc) is 2.84. The Balaban J connectivity index is 1.79. The Morgan fingerprint density at radius 2 is 1.31 bits per heavy atom. The number of rotatable bonds is 3. The van der Waals surface area contributed by atoms with Gasteiger partial charge in [-0.25, -0.2) is 4.79 Å². The molecule has 2 heterocycles. The van der Waals surface area contributed by atoms with Crippen LogP contribution >= 0.6 is 0 Å². The van der Waals surface area contributed by atoms with Crippen LogP contribution in [0.15, 0.2) is 60.7 Å². The van der Waals surface area contributed by atoms with Gasteiger partial charge < -0.3 is 10.6 Å². The number of nitrogens with zero attached hydrogens (tertiary/aromatic N) is 1. The zero-order valence-electron chi connectivity index (χ0n) is 17.6. The number of hydrogen-bond acceptors (Lipinski definition) is 3. The van der Waals surface area contributed by atoms with E-state index in [9.17, 15) is 10.2 Å². The second-order valence-electron chi connectivity index (χ2n) is 9.70. The molecule has 0 aliphatic carbocycles. The van der Waals surface area contributed by atoms with Crippen molar-refractivity contribution in [1.29, 1.82) is 5.41 Å². The van der Waals surface area contributed by atoms with Crippen molar-refractivity contribution in [3.05, 3.63) is 71.8 Å². The van der Waals surface area contributed by atoms with Gasteiger partial charge >= 0.3 is 6.03 Å². The normalized spacial score (nSPS) is 22.2. The molecule has 5 heteroatoms. The molecule has 0 aromatic heterocycles. The highest BCUT2D eigenvalue weighted by atomic mass is 16.2. The SMILES string of the molecule is CC1(C)CC2(CC(C)(C)N1)NC(=O)N(C(c1ccccc1)c1ccccc1)C2=N. The van der Waals surface area contributed by atoms with Crippen molar-refractivity contribution in [1.82, 2.24) is 15.5 Å². The second kappa shape index (κ2) is 6.70. The summed E-state index contributed by atoms with van der Waals surface area (Å²) in [7, 11) is 0. The van der Waals surface area contributed by atoms with Gasteiger partial charge in [0, 0.05) is 11.1 Å². The summed E-state index contributed by atoms with van der Waals surface area (Å²) in [5.74, 6) is 0.364. The predicted octanol–water partition coefficient (Wildman–Crippen LogP) is 4.46. The van der Waals surface area contributed by atoms with Gasteiger partial charge in [0.15, 0.2) is 0 Å². The minimum atomic E-state index is -0.669. The van der Waals surface area contributed by atoms with Gasteiger partial charge in [-0.15, -0.1) is 0 Å². The number of urea groups is 1. The van der Waals surface area contributed by atoms with Crippen LogP contribution in [-0.4, -0.2) is 33.4 Å². The van der Waals surface area contributed by atoms with Crippen LogP contribution in [0.5, 0.6) is 0 Å². The van der Waals surface area contributed by atoms with Crippen LogP contribution in [0.1, 0.15) is 57.7 Å². The van der Waals surface area contributed by atoms with Gasteiger partial charge in [-0.1, -0.05) is 60.7 Å². The zero-order valence-corrected chi connectivity index (χ0v) is 17.6. The van der Waals surface area contributed by atoms with Crippen LogP contribution in [-0.2, 0) is 0 Å². The van der Waals surface area contributed by atoms with Gasteiger partial charge in [-0.3, -0.25) is 10.3 Å². The highest BCUT2D eigenvalue weighted by Crippen LogP contribution is 2.43. The number of piperidine rings is 1. The van der Waals surface area contributed by atoms with Crippen molar-refractivity contribution in [3.8, 4) is 0 Å². The molecule has 2 aromatic carbocycles. The Bertz CT molecular complexity index is 865. The van der Waals surface area contributed by atoms with Crippen molar-refractivity contribution in [2.45, 2.75) is 63.2 Å². The molecule has 5 nitrogen and oxygen atoms in total. The number of carbonyl (C=O) groups is 1. The van der Waals surface area contributed by atoms with E-state index in [-0.39, 0.29) is 23.2 Å². The molecule has 4 rings (SSSR count). The lowest BCUT2D eigenvalue weighted by molar-refractivity contribution is 0.127. The Kier molecular flexibility index (Phi) is 4.54. The molecule has 2 saturated heterocycles. The van der Waals surface area contributed by atoms with Crippen LogP contribution in [0.2, 0.25) is 0 Å². The van der Waals surface area contributed by atoms with Gasteiger partial charge in [0.1, 0.15) is 11.4 Å². The Morgan fingerprint density at radius 3 is 1.76 bits per heavy atom. The summed E-state index contributed by atoms with van der Waals surface area (Å²) in [6.45, 7) is 8.57. The third-order valence-corrected chi connectivity index (χ3v) is 5.91. The Labute approximate surface area is 173 Å². The quantitative estimate of drug-likeness (QED) is 0.724. The van der Waals surface area contributed by atoms with Crippen molar-refractivity contribution >= 4 is 11.9 Å². The van der Waals surface area contributed by atoms with Gasteiger partial charge in [0.2, 0.25) is 0 Å². The van der Waals surface area contributed by atoms with Crippen LogP contribution in [0.4, 0.5) is 4.79 Å². The molecule has 0 atom stereocenters. The summed E-state index contributed by atoms with van der Waals surface area (Å²) in [4.78, 5) is 15.0. The first-order valence-electron chi connectivity index (χ1n) is 10.2. The molecule has 3 N–H and O–H groups in total. The summed E-state index contributed by atoms with van der Waals surface area (Å²) >= 11 is 0. The molecule has 0 saturated carbocycles. The van der Waals surface area contributed by atoms with Crippen molar-refractivity contribution in [3.63, 3.8) is 0 Å². The molecule has 2 amide bonds. The van der Waals surface area contributed by atoms with Gasteiger partial charge in [-0.2, -0.15) is 0 Å². The standard InChI is InChI=1S/C24H30N4O/c1-22(2)15-24(16-23(3,4)27-22)20(25)28(21(29)26-24)19(17-11-7-5-8-12-17)18-13-9-6-10-14-18/h5-14,19,25,27H,15-16H2,1-4H3,(H,26,29). The lowest BCUT2D eigenvalue weighted by Crippen LogP contribution is -2.68. The van der Waals surface area contributed by atoms with Crippen LogP contribution in [0.25, 0.3) is 0 Å². The smallest absolute Gasteiger partial charge is 0.324 e. The van der Waals surface area contributed by atoms with E-state index in [2.05, 4.69) is 38.3 Å². The number of amides is 2. The van der Waals surface area contributed by atoms with E-state index >= 15 is 0 Å². The van der Waals surface area contributed by atoms with Gasteiger partial charge in [0.25, 0.3) is 0 Å². The first-order valence-corrected chi connectivity index (χ1v) is 10.2. The molecular weight excluding hydrogens is 360 g/mol. The molecular formula is C24H30N4O. The number of hydrogen-bond donors (Lipinski definition) is 3. The minimum absolute atomic E-state index is 0.188. The van der Waals surface area contributed by atoms with E-state index in [0.717, 1.165) is 11.1 Å². The number of benzene rings is 2. The summed E-state index contributed by atoms with van der Waals surface area (Å²) in [6.07, 6.45) is 1.36. The second-order valence-corrected chi connectivity index (χ2v) is 9.70. The molecule has 1 spiro atoms.